The second-order valence-electron chi connectivity index (χ2n) is 2.26. The topological polar surface area (TPSA) is 4.36 Å². The molecule has 1 aromatic carbocycles. The molecular weight excluding hydrogens is 141 g/mol. The highest BCUT2D eigenvalue weighted by Gasteiger charge is 1.93. The zero-order chi connectivity index (χ0) is 8.10. The Bertz CT molecular complexity index is 258. The highest BCUT2D eigenvalue weighted by molar-refractivity contribution is 5.16. The molecule has 0 aliphatic carbocycles. The number of rotatable bonds is 2. The van der Waals surface area contributed by atoms with Crippen LogP contribution in [0, 0.1) is 12.4 Å². The molecular formula is C9H8FN. The van der Waals surface area contributed by atoms with Gasteiger partial charge in [-0.25, -0.2) is 11.0 Å². The Hall–Kier alpha value is -1.36. The second-order valence-corrected chi connectivity index (χ2v) is 2.26. The standard InChI is InChI=1S/C9H8FN/c1-11-7-6-8-2-4-9(10)5-3-8/h2-5H,6-7H2. The molecule has 2 heteroatoms. The van der Waals surface area contributed by atoms with Gasteiger partial charge in [-0.05, 0) is 17.7 Å². The molecule has 0 unspecified atom stereocenters. The molecule has 0 atom stereocenters. The fourth-order valence-corrected chi connectivity index (χ4v) is 0.836. The first kappa shape index (κ1) is 7.74. The average Bonchev–Trinajstić information content (AvgIpc) is 2.04. The van der Waals surface area contributed by atoms with Gasteiger partial charge in [0, 0.05) is 6.42 Å². The van der Waals surface area contributed by atoms with Crippen molar-refractivity contribution in [1.29, 1.82) is 0 Å². The Morgan fingerprint density at radius 2 is 1.91 bits per heavy atom. The molecule has 0 heterocycles. The molecule has 0 aliphatic heterocycles. The van der Waals surface area contributed by atoms with E-state index in [1.807, 2.05) is 0 Å². The molecule has 0 saturated heterocycles. The summed E-state index contributed by atoms with van der Waals surface area (Å²) in [4.78, 5) is 3.21. The molecule has 0 spiro atoms. The summed E-state index contributed by atoms with van der Waals surface area (Å²) in [5.41, 5.74) is 1.02. The Morgan fingerprint density at radius 3 is 2.45 bits per heavy atom. The summed E-state index contributed by atoms with van der Waals surface area (Å²) in [6, 6.07) is 6.25. The van der Waals surface area contributed by atoms with E-state index in [1.165, 1.54) is 12.1 Å². The van der Waals surface area contributed by atoms with Crippen molar-refractivity contribution in [2.45, 2.75) is 6.42 Å². The van der Waals surface area contributed by atoms with Gasteiger partial charge in [-0.1, -0.05) is 12.1 Å². The first-order chi connectivity index (χ1) is 5.33. The van der Waals surface area contributed by atoms with Crippen molar-refractivity contribution in [3.63, 3.8) is 0 Å². The number of nitrogens with zero attached hydrogens (tertiary/aromatic N) is 1. The molecule has 11 heavy (non-hydrogen) atoms. The molecule has 0 amide bonds. The van der Waals surface area contributed by atoms with Gasteiger partial charge in [-0.15, -0.1) is 0 Å². The van der Waals surface area contributed by atoms with Crippen LogP contribution in [0.4, 0.5) is 4.39 Å². The molecule has 0 aliphatic rings. The minimum Gasteiger partial charge on any atom is -0.317 e. The Balaban J connectivity index is 2.60. The highest BCUT2D eigenvalue weighted by atomic mass is 19.1. The van der Waals surface area contributed by atoms with Crippen LogP contribution >= 0.6 is 0 Å². The molecule has 1 rings (SSSR count). The first-order valence-corrected chi connectivity index (χ1v) is 3.40. The van der Waals surface area contributed by atoms with Gasteiger partial charge in [0.25, 0.3) is 0 Å². The van der Waals surface area contributed by atoms with Gasteiger partial charge in [0.1, 0.15) is 5.82 Å². The van der Waals surface area contributed by atoms with Crippen molar-refractivity contribution in [1.82, 2.24) is 0 Å². The lowest BCUT2D eigenvalue weighted by molar-refractivity contribution is 0.627. The quantitative estimate of drug-likeness (QED) is 0.568. The molecule has 0 aromatic heterocycles. The Kier molecular flexibility index (Phi) is 2.62. The molecule has 1 nitrogen and oxygen atoms in total. The maximum absolute atomic E-state index is 12.3. The van der Waals surface area contributed by atoms with Gasteiger partial charge in [-0.3, -0.25) is 0 Å². The highest BCUT2D eigenvalue weighted by Crippen LogP contribution is 2.03. The van der Waals surface area contributed by atoms with Crippen LogP contribution in [0.3, 0.4) is 0 Å². The fraction of sp³-hybridized carbons (Fsp3) is 0.222. The molecule has 0 radical (unpaired) electrons. The Morgan fingerprint density at radius 1 is 1.27 bits per heavy atom. The van der Waals surface area contributed by atoms with Gasteiger partial charge in [0.15, 0.2) is 0 Å². The third-order valence-electron chi connectivity index (χ3n) is 1.43. The minimum atomic E-state index is -0.225. The molecule has 56 valence electrons. The summed E-state index contributed by atoms with van der Waals surface area (Å²) in [5.74, 6) is -0.225. The van der Waals surface area contributed by atoms with Crippen molar-refractivity contribution < 1.29 is 4.39 Å². The summed E-state index contributed by atoms with van der Waals surface area (Å²) in [6.45, 7) is 7.02. The van der Waals surface area contributed by atoms with Gasteiger partial charge >= 0.3 is 0 Å². The Labute approximate surface area is 65.3 Å². The van der Waals surface area contributed by atoms with E-state index in [4.69, 9.17) is 6.57 Å². The van der Waals surface area contributed by atoms with Crippen LogP contribution in [0.25, 0.3) is 4.85 Å². The van der Waals surface area contributed by atoms with E-state index in [-0.39, 0.29) is 5.82 Å². The number of benzene rings is 1. The molecule has 1 aromatic rings. The van der Waals surface area contributed by atoms with Crippen molar-refractivity contribution in [2.24, 2.45) is 0 Å². The number of hydrogen-bond acceptors (Lipinski definition) is 0. The van der Waals surface area contributed by atoms with Crippen LogP contribution in [0.2, 0.25) is 0 Å². The average molecular weight is 149 g/mol. The monoisotopic (exact) mass is 149 g/mol. The summed E-state index contributed by atoms with van der Waals surface area (Å²) in [6.07, 6.45) is 0.712. The number of hydrogen-bond donors (Lipinski definition) is 0. The predicted octanol–water partition coefficient (Wildman–Crippen LogP) is 2.29. The summed E-state index contributed by atoms with van der Waals surface area (Å²) >= 11 is 0. The molecule has 0 bridgehead atoms. The van der Waals surface area contributed by atoms with Crippen molar-refractivity contribution in [2.75, 3.05) is 6.54 Å². The lowest BCUT2D eigenvalue weighted by atomic mass is 10.1. The van der Waals surface area contributed by atoms with E-state index in [9.17, 15) is 4.39 Å². The summed E-state index contributed by atoms with van der Waals surface area (Å²) < 4.78 is 12.3. The van der Waals surface area contributed by atoms with Gasteiger partial charge in [0.05, 0.1) is 0 Å². The SMILES string of the molecule is [C-]#[N+]CCc1ccc(F)cc1. The van der Waals surface area contributed by atoms with Gasteiger partial charge < -0.3 is 4.85 Å². The smallest absolute Gasteiger partial charge is 0.218 e. The second kappa shape index (κ2) is 3.72. The third-order valence-corrected chi connectivity index (χ3v) is 1.43. The zero-order valence-electron chi connectivity index (χ0n) is 6.05. The molecule has 0 saturated carbocycles. The normalized spacial score (nSPS) is 9.09. The van der Waals surface area contributed by atoms with Gasteiger partial charge in [-0.2, -0.15) is 0 Å². The van der Waals surface area contributed by atoms with Crippen LogP contribution in [0.5, 0.6) is 0 Å². The largest absolute Gasteiger partial charge is 0.317 e. The van der Waals surface area contributed by atoms with E-state index < -0.39 is 0 Å². The van der Waals surface area contributed by atoms with Crippen LogP contribution in [0.15, 0.2) is 24.3 Å². The van der Waals surface area contributed by atoms with Crippen LogP contribution in [-0.4, -0.2) is 6.54 Å². The van der Waals surface area contributed by atoms with E-state index in [2.05, 4.69) is 4.85 Å². The molecule has 0 fully saturated rings. The lowest BCUT2D eigenvalue weighted by Crippen LogP contribution is -1.86. The van der Waals surface area contributed by atoms with E-state index in [0.717, 1.165) is 5.56 Å². The van der Waals surface area contributed by atoms with Crippen molar-refractivity contribution in [3.05, 3.63) is 47.1 Å². The zero-order valence-corrected chi connectivity index (χ0v) is 6.05. The predicted molar refractivity (Wildman–Crippen MR) is 41.6 cm³/mol. The van der Waals surface area contributed by atoms with Crippen LogP contribution < -0.4 is 0 Å². The van der Waals surface area contributed by atoms with E-state index in [0.29, 0.717) is 13.0 Å². The maximum atomic E-state index is 12.3. The lowest BCUT2D eigenvalue weighted by Gasteiger charge is -1.93. The van der Waals surface area contributed by atoms with E-state index in [1.54, 1.807) is 12.1 Å². The first-order valence-electron chi connectivity index (χ1n) is 3.40. The fourth-order valence-electron chi connectivity index (χ4n) is 0.836. The summed E-state index contributed by atoms with van der Waals surface area (Å²) in [5, 5.41) is 0. The van der Waals surface area contributed by atoms with Crippen LogP contribution in [0.1, 0.15) is 5.56 Å². The van der Waals surface area contributed by atoms with E-state index >= 15 is 0 Å². The number of halogens is 1. The minimum absolute atomic E-state index is 0.225. The van der Waals surface area contributed by atoms with Crippen LogP contribution in [-0.2, 0) is 6.42 Å². The van der Waals surface area contributed by atoms with Crippen molar-refractivity contribution in [3.8, 4) is 0 Å². The summed E-state index contributed by atoms with van der Waals surface area (Å²) in [7, 11) is 0. The maximum Gasteiger partial charge on any atom is 0.218 e. The van der Waals surface area contributed by atoms with Crippen molar-refractivity contribution >= 4 is 0 Å². The third kappa shape index (κ3) is 2.38. The van der Waals surface area contributed by atoms with Gasteiger partial charge in [0.2, 0.25) is 6.54 Å². The molecule has 0 N–H and O–H groups in total.